The highest BCUT2D eigenvalue weighted by molar-refractivity contribution is 7.18. The topological polar surface area (TPSA) is 52.8 Å². The van der Waals surface area contributed by atoms with Crippen molar-refractivity contribution in [3.8, 4) is 11.6 Å². The summed E-state index contributed by atoms with van der Waals surface area (Å²) in [5.41, 5.74) is 1.77. The van der Waals surface area contributed by atoms with Gasteiger partial charge in [-0.15, -0.1) is 11.3 Å². The molecule has 0 aromatic carbocycles. The minimum Gasteiger partial charge on any atom is -0.434 e. The van der Waals surface area contributed by atoms with E-state index in [-0.39, 0.29) is 5.28 Å². The Morgan fingerprint density at radius 1 is 1.33 bits per heavy atom. The zero-order valence-corrected chi connectivity index (χ0v) is 13.8. The fourth-order valence-corrected chi connectivity index (χ4v) is 3.34. The van der Waals surface area contributed by atoms with E-state index in [1.807, 2.05) is 20.9 Å². The van der Waals surface area contributed by atoms with Crippen LogP contribution in [0.3, 0.4) is 0 Å². The first kappa shape index (κ1) is 14.3. The maximum Gasteiger partial charge on any atom is 0.232 e. The van der Waals surface area contributed by atoms with Crippen molar-refractivity contribution >= 4 is 33.2 Å². The molecule has 3 aromatic heterocycles. The largest absolute Gasteiger partial charge is 0.434 e. The molecule has 0 N–H and O–H groups in total. The molecule has 0 fully saturated rings. The molecule has 110 valence electrons. The van der Waals surface area contributed by atoms with E-state index in [2.05, 4.69) is 28.1 Å². The maximum atomic E-state index is 6.01. The highest BCUT2D eigenvalue weighted by Gasteiger charge is 2.17. The molecule has 0 aliphatic carbocycles. The number of hydrogen-bond acceptors (Lipinski definition) is 5. The van der Waals surface area contributed by atoms with E-state index in [0.717, 1.165) is 33.8 Å². The normalized spacial score (nSPS) is 11.3. The zero-order chi connectivity index (χ0) is 15.1. The van der Waals surface area contributed by atoms with Gasteiger partial charge in [0, 0.05) is 11.9 Å². The Labute approximate surface area is 131 Å². The zero-order valence-electron chi connectivity index (χ0n) is 12.3. The SMILES string of the molecule is CCc1cc2c(Oc3c(C)nn(C)c3C)nc(Cl)nc2s1. The van der Waals surface area contributed by atoms with Crippen LogP contribution in [0, 0.1) is 13.8 Å². The Balaban J connectivity index is 2.13. The van der Waals surface area contributed by atoms with Crippen LogP contribution in [0.25, 0.3) is 10.2 Å². The van der Waals surface area contributed by atoms with Gasteiger partial charge < -0.3 is 4.74 Å². The van der Waals surface area contributed by atoms with E-state index >= 15 is 0 Å². The predicted octanol–water partition coefficient (Wildman–Crippen LogP) is 4.05. The lowest BCUT2D eigenvalue weighted by Crippen LogP contribution is -1.95. The number of ether oxygens (including phenoxy) is 1. The summed E-state index contributed by atoms with van der Waals surface area (Å²) in [5, 5.41) is 5.44. The summed E-state index contributed by atoms with van der Waals surface area (Å²) in [6.45, 7) is 5.98. The number of thiophene rings is 1. The summed E-state index contributed by atoms with van der Waals surface area (Å²) in [6, 6.07) is 2.06. The maximum absolute atomic E-state index is 6.01. The molecule has 21 heavy (non-hydrogen) atoms. The summed E-state index contributed by atoms with van der Waals surface area (Å²) >= 11 is 7.62. The molecule has 0 saturated carbocycles. The third-order valence-electron chi connectivity index (χ3n) is 3.37. The van der Waals surface area contributed by atoms with Gasteiger partial charge >= 0.3 is 0 Å². The van der Waals surface area contributed by atoms with Gasteiger partial charge in [-0.2, -0.15) is 10.1 Å². The third-order valence-corrected chi connectivity index (χ3v) is 4.71. The minimum atomic E-state index is 0.196. The Bertz CT molecular complexity index is 824. The Morgan fingerprint density at radius 3 is 2.71 bits per heavy atom. The summed E-state index contributed by atoms with van der Waals surface area (Å²) < 4.78 is 7.79. The fourth-order valence-electron chi connectivity index (χ4n) is 2.17. The summed E-state index contributed by atoms with van der Waals surface area (Å²) in [4.78, 5) is 10.6. The van der Waals surface area contributed by atoms with Gasteiger partial charge in [0.05, 0.1) is 11.1 Å². The first-order valence-electron chi connectivity index (χ1n) is 6.63. The fraction of sp³-hybridized carbons (Fsp3) is 0.357. The van der Waals surface area contributed by atoms with Crippen molar-refractivity contribution in [2.45, 2.75) is 27.2 Å². The standard InChI is InChI=1S/C14H15ClN4OS/c1-5-9-6-10-12(16-14(15)17-13(10)21-9)20-11-7(2)18-19(4)8(11)3/h6H,5H2,1-4H3. The van der Waals surface area contributed by atoms with Crippen molar-refractivity contribution < 1.29 is 4.74 Å². The second-order valence-corrected chi connectivity index (χ2v) is 6.26. The molecule has 0 spiro atoms. The van der Waals surface area contributed by atoms with Crippen LogP contribution >= 0.6 is 22.9 Å². The van der Waals surface area contributed by atoms with E-state index in [9.17, 15) is 0 Å². The highest BCUT2D eigenvalue weighted by atomic mass is 35.5. The summed E-state index contributed by atoms with van der Waals surface area (Å²) in [7, 11) is 1.89. The van der Waals surface area contributed by atoms with E-state index < -0.39 is 0 Å². The predicted molar refractivity (Wildman–Crippen MR) is 84.6 cm³/mol. The van der Waals surface area contributed by atoms with Crippen LogP contribution in [0.4, 0.5) is 0 Å². The van der Waals surface area contributed by atoms with Gasteiger partial charge in [0.25, 0.3) is 0 Å². The van der Waals surface area contributed by atoms with Crippen molar-refractivity contribution in [2.75, 3.05) is 0 Å². The van der Waals surface area contributed by atoms with Crippen molar-refractivity contribution in [2.24, 2.45) is 7.05 Å². The van der Waals surface area contributed by atoms with Crippen molar-refractivity contribution in [3.63, 3.8) is 0 Å². The van der Waals surface area contributed by atoms with Crippen LogP contribution in [0.5, 0.6) is 11.6 Å². The molecule has 3 rings (SSSR count). The van der Waals surface area contributed by atoms with E-state index in [4.69, 9.17) is 16.3 Å². The smallest absolute Gasteiger partial charge is 0.232 e. The third kappa shape index (κ3) is 2.49. The molecule has 5 nitrogen and oxygen atoms in total. The van der Waals surface area contributed by atoms with Crippen molar-refractivity contribution in [1.82, 2.24) is 19.7 Å². The van der Waals surface area contributed by atoms with Gasteiger partial charge in [-0.05, 0) is 37.9 Å². The quantitative estimate of drug-likeness (QED) is 0.683. The number of aromatic nitrogens is 4. The molecule has 3 aromatic rings. The van der Waals surface area contributed by atoms with Gasteiger partial charge in [0.1, 0.15) is 10.5 Å². The molecule has 0 bridgehead atoms. The van der Waals surface area contributed by atoms with Crippen LogP contribution in [0.2, 0.25) is 5.28 Å². The van der Waals surface area contributed by atoms with Crippen LogP contribution in [0.15, 0.2) is 6.07 Å². The molecule has 0 amide bonds. The lowest BCUT2D eigenvalue weighted by molar-refractivity contribution is 0.460. The van der Waals surface area contributed by atoms with Gasteiger partial charge in [-0.3, -0.25) is 4.68 Å². The molecule has 0 saturated heterocycles. The van der Waals surface area contributed by atoms with E-state index in [1.54, 1.807) is 16.0 Å². The molecule has 0 radical (unpaired) electrons. The molecular weight excluding hydrogens is 308 g/mol. The lowest BCUT2D eigenvalue weighted by Gasteiger charge is -2.06. The van der Waals surface area contributed by atoms with Crippen LogP contribution in [-0.2, 0) is 13.5 Å². The Hall–Kier alpha value is -1.66. The number of halogens is 1. The second-order valence-electron chi connectivity index (χ2n) is 4.81. The Kier molecular flexibility index (Phi) is 3.59. The van der Waals surface area contributed by atoms with Gasteiger partial charge in [0.15, 0.2) is 5.75 Å². The summed E-state index contributed by atoms with van der Waals surface area (Å²) in [6.07, 6.45) is 0.947. The minimum absolute atomic E-state index is 0.196. The molecule has 0 aliphatic heterocycles. The average molecular weight is 323 g/mol. The summed E-state index contributed by atoms with van der Waals surface area (Å²) in [5.74, 6) is 1.21. The van der Waals surface area contributed by atoms with Gasteiger partial charge in [-0.1, -0.05) is 6.92 Å². The monoisotopic (exact) mass is 322 g/mol. The molecule has 0 aliphatic rings. The number of aryl methyl sites for hydroxylation is 3. The van der Waals surface area contributed by atoms with Gasteiger partial charge in [-0.25, -0.2) is 4.98 Å². The highest BCUT2D eigenvalue weighted by Crippen LogP contribution is 2.35. The van der Waals surface area contributed by atoms with E-state index in [1.165, 1.54) is 4.88 Å². The first-order chi connectivity index (χ1) is 9.99. The molecule has 0 unspecified atom stereocenters. The van der Waals surface area contributed by atoms with Crippen LogP contribution in [-0.4, -0.2) is 19.7 Å². The van der Waals surface area contributed by atoms with Crippen molar-refractivity contribution in [3.05, 3.63) is 27.6 Å². The second kappa shape index (κ2) is 5.27. The van der Waals surface area contributed by atoms with Crippen LogP contribution in [0.1, 0.15) is 23.2 Å². The number of fused-ring (bicyclic) bond motifs is 1. The Morgan fingerprint density at radius 2 is 2.10 bits per heavy atom. The number of rotatable bonds is 3. The molecular formula is C14H15ClN4OS. The average Bonchev–Trinajstić information content (AvgIpc) is 2.95. The van der Waals surface area contributed by atoms with Gasteiger partial charge in [0.2, 0.25) is 11.2 Å². The van der Waals surface area contributed by atoms with E-state index in [0.29, 0.717) is 5.88 Å². The van der Waals surface area contributed by atoms with Crippen molar-refractivity contribution in [1.29, 1.82) is 0 Å². The number of hydrogen-bond donors (Lipinski definition) is 0. The number of nitrogens with zero attached hydrogens (tertiary/aromatic N) is 4. The molecule has 3 heterocycles. The molecule has 0 atom stereocenters. The first-order valence-corrected chi connectivity index (χ1v) is 7.83. The molecule has 7 heteroatoms. The van der Waals surface area contributed by atoms with Crippen LogP contribution < -0.4 is 4.74 Å². The lowest BCUT2D eigenvalue weighted by atomic mass is 10.3.